The van der Waals surface area contributed by atoms with E-state index in [-0.39, 0.29) is 17.4 Å². The monoisotopic (exact) mass is 290 g/mol. The molecule has 4 nitrogen and oxygen atoms in total. The molecular weight excluding hydrogens is 264 g/mol. The van der Waals surface area contributed by atoms with E-state index in [1.807, 2.05) is 31.2 Å². The SMILES string of the molecule is CCC1(C(=O)N[C@@H](C)c2cccc(OC)c2)CCCNC1. The first-order valence-corrected chi connectivity index (χ1v) is 7.77. The molecule has 0 spiro atoms. The number of nitrogens with one attached hydrogen (secondary N) is 2. The van der Waals surface area contributed by atoms with E-state index in [9.17, 15) is 4.79 Å². The first-order valence-electron chi connectivity index (χ1n) is 7.77. The summed E-state index contributed by atoms with van der Waals surface area (Å²) in [6.45, 7) is 5.91. The van der Waals surface area contributed by atoms with Crippen LogP contribution < -0.4 is 15.4 Å². The number of carbonyl (C=O) groups excluding carboxylic acids is 1. The third-order valence-corrected chi connectivity index (χ3v) is 4.57. The zero-order valence-electron chi connectivity index (χ0n) is 13.2. The molecule has 0 aromatic heterocycles. The van der Waals surface area contributed by atoms with E-state index in [2.05, 4.69) is 17.6 Å². The summed E-state index contributed by atoms with van der Waals surface area (Å²) in [6, 6.07) is 7.84. The maximum atomic E-state index is 12.7. The highest BCUT2D eigenvalue weighted by atomic mass is 16.5. The molecule has 0 saturated carbocycles. The van der Waals surface area contributed by atoms with E-state index >= 15 is 0 Å². The van der Waals surface area contributed by atoms with Crippen LogP contribution in [0.4, 0.5) is 0 Å². The average Bonchev–Trinajstić information content (AvgIpc) is 2.55. The van der Waals surface area contributed by atoms with Crippen LogP contribution in [-0.4, -0.2) is 26.1 Å². The molecule has 2 atom stereocenters. The number of piperidine rings is 1. The van der Waals surface area contributed by atoms with Gasteiger partial charge in [0.05, 0.1) is 18.6 Å². The highest BCUT2D eigenvalue weighted by molar-refractivity contribution is 5.83. The summed E-state index contributed by atoms with van der Waals surface area (Å²) in [5.41, 5.74) is 0.809. The lowest BCUT2D eigenvalue weighted by Crippen LogP contribution is -2.50. The van der Waals surface area contributed by atoms with Gasteiger partial charge in [0.15, 0.2) is 0 Å². The molecule has 0 aliphatic carbocycles. The number of hydrogen-bond acceptors (Lipinski definition) is 3. The fourth-order valence-electron chi connectivity index (χ4n) is 2.97. The fraction of sp³-hybridized carbons (Fsp3) is 0.588. The Labute approximate surface area is 127 Å². The summed E-state index contributed by atoms with van der Waals surface area (Å²) >= 11 is 0. The van der Waals surface area contributed by atoms with E-state index in [0.717, 1.165) is 43.7 Å². The van der Waals surface area contributed by atoms with Crippen LogP contribution in [-0.2, 0) is 4.79 Å². The summed E-state index contributed by atoms with van der Waals surface area (Å²) in [7, 11) is 1.65. The first kappa shape index (κ1) is 15.8. The van der Waals surface area contributed by atoms with Gasteiger partial charge in [-0.1, -0.05) is 19.1 Å². The van der Waals surface area contributed by atoms with Crippen molar-refractivity contribution in [1.82, 2.24) is 10.6 Å². The van der Waals surface area contributed by atoms with Crippen LogP contribution in [0.1, 0.15) is 44.7 Å². The lowest BCUT2D eigenvalue weighted by molar-refractivity contribution is -0.133. The molecule has 1 aromatic rings. The summed E-state index contributed by atoms with van der Waals surface area (Å²) in [5, 5.41) is 6.53. The molecule has 0 radical (unpaired) electrons. The van der Waals surface area contributed by atoms with Crippen molar-refractivity contribution in [3.05, 3.63) is 29.8 Å². The van der Waals surface area contributed by atoms with Crippen LogP contribution in [0, 0.1) is 5.41 Å². The minimum Gasteiger partial charge on any atom is -0.497 e. The van der Waals surface area contributed by atoms with Crippen LogP contribution in [0.15, 0.2) is 24.3 Å². The topological polar surface area (TPSA) is 50.4 Å². The second-order valence-electron chi connectivity index (χ2n) is 5.89. The number of ether oxygens (including phenoxy) is 1. The molecular formula is C17H26N2O2. The Morgan fingerprint density at radius 1 is 1.52 bits per heavy atom. The molecule has 1 aromatic carbocycles. The standard InChI is InChI=1S/C17H26N2O2/c1-4-17(9-6-10-18-12-17)16(20)19-13(2)14-7-5-8-15(11-14)21-3/h5,7-8,11,13,18H,4,6,9-10,12H2,1-3H3,(H,19,20)/t13-,17?/m0/s1. The maximum Gasteiger partial charge on any atom is 0.227 e. The van der Waals surface area contributed by atoms with Crippen molar-refractivity contribution in [2.75, 3.05) is 20.2 Å². The Morgan fingerprint density at radius 3 is 2.95 bits per heavy atom. The van der Waals surface area contributed by atoms with Gasteiger partial charge in [-0.15, -0.1) is 0 Å². The highest BCUT2D eigenvalue weighted by Crippen LogP contribution is 2.31. The second-order valence-corrected chi connectivity index (χ2v) is 5.89. The van der Waals surface area contributed by atoms with E-state index in [1.165, 1.54) is 0 Å². The fourth-order valence-corrected chi connectivity index (χ4v) is 2.97. The Balaban J connectivity index is 2.06. The number of methoxy groups -OCH3 is 1. The van der Waals surface area contributed by atoms with Gasteiger partial charge in [-0.05, 0) is 50.4 Å². The van der Waals surface area contributed by atoms with E-state index < -0.39 is 0 Å². The van der Waals surface area contributed by atoms with Crippen molar-refractivity contribution in [3.8, 4) is 5.75 Å². The van der Waals surface area contributed by atoms with Gasteiger partial charge >= 0.3 is 0 Å². The van der Waals surface area contributed by atoms with Crippen molar-refractivity contribution < 1.29 is 9.53 Å². The summed E-state index contributed by atoms with van der Waals surface area (Å²) in [6.07, 6.45) is 2.90. The molecule has 2 rings (SSSR count). The zero-order chi connectivity index (χ0) is 15.3. The van der Waals surface area contributed by atoms with Gasteiger partial charge in [-0.25, -0.2) is 0 Å². The van der Waals surface area contributed by atoms with Gasteiger partial charge in [0.2, 0.25) is 5.91 Å². The first-order chi connectivity index (χ1) is 10.1. The molecule has 0 bridgehead atoms. The zero-order valence-corrected chi connectivity index (χ0v) is 13.2. The Hall–Kier alpha value is -1.55. The smallest absolute Gasteiger partial charge is 0.227 e. The highest BCUT2D eigenvalue weighted by Gasteiger charge is 2.38. The summed E-state index contributed by atoms with van der Waals surface area (Å²) < 4.78 is 5.24. The molecule has 21 heavy (non-hydrogen) atoms. The molecule has 4 heteroatoms. The number of benzene rings is 1. The molecule has 1 amide bonds. The minimum atomic E-state index is -0.259. The third kappa shape index (κ3) is 3.56. The molecule has 116 valence electrons. The van der Waals surface area contributed by atoms with Crippen LogP contribution >= 0.6 is 0 Å². The Morgan fingerprint density at radius 2 is 2.33 bits per heavy atom. The molecule has 1 heterocycles. The summed E-state index contributed by atoms with van der Waals surface area (Å²) in [4.78, 5) is 12.7. The minimum absolute atomic E-state index is 0.0158. The predicted octanol–water partition coefficient (Wildman–Crippen LogP) is 2.65. The maximum absolute atomic E-state index is 12.7. The number of hydrogen-bond donors (Lipinski definition) is 2. The lowest BCUT2D eigenvalue weighted by Gasteiger charge is -2.36. The Bertz CT molecular complexity index is 481. The quantitative estimate of drug-likeness (QED) is 0.876. The van der Waals surface area contributed by atoms with Crippen molar-refractivity contribution in [1.29, 1.82) is 0 Å². The number of amides is 1. The van der Waals surface area contributed by atoms with Gasteiger partial charge in [-0.3, -0.25) is 4.79 Å². The average molecular weight is 290 g/mol. The van der Waals surface area contributed by atoms with Crippen LogP contribution in [0.2, 0.25) is 0 Å². The molecule has 1 aliphatic heterocycles. The van der Waals surface area contributed by atoms with E-state index in [4.69, 9.17) is 4.74 Å². The molecule has 1 unspecified atom stereocenters. The van der Waals surface area contributed by atoms with Gasteiger partial charge in [0, 0.05) is 6.54 Å². The van der Waals surface area contributed by atoms with Crippen LogP contribution in [0.25, 0.3) is 0 Å². The lowest BCUT2D eigenvalue weighted by atomic mass is 9.77. The van der Waals surface area contributed by atoms with Crippen molar-refractivity contribution in [3.63, 3.8) is 0 Å². The largest absolute Gasteiger partial charge is 0.497 e. The molecule has 1 aliphatic rings. The van der Waals surface area contributed by atoms with Crippen molar-refractivity contribution in [2.45, 2.75) is 39.2 Å². The van der Waals surface area contributed by atoms with Crippen LogP contribution in [0.5, 0.6) is 5.75 Å². The molecule has 2 N–H and O–H groups in total. The van der Waals surface area contributed by atoms with Gasteiger partial charge < -0.3 is 15.4 Å². The molecule has 1 saturated heterocycles. The number of rotatable bonds is 5. The van der Waals surface area contributed by atoms with Gasteiger partial charge in [-0.2, -0.15) is 0 Å². The van der Waals surface area contributed by atoms with Crippen molar-refractivity contribution in [2.24, 2.45) is 5.41 Å². The molecule has 1 fully saturated rings. The second kappa shape index (κ2) is 6.94. The third-order valence-electron chi connectivity index (χ3n) is 4.57. The van der Waals surface area contributed by atoms with E-state index in [0.29, 0.717) is 0 Å². The van der Waals surface area contributed by atoms with E-state index in [1.54, 1.807) is 7.11 Å². The van der Waals surface area contributed by atoms with Gasteiger partial charge in [0.1, 0.15) is 5.75 Å². The normalized spacial score (nSPS) is 23.4. The summed E-state index contributed by atoms with van der Waals surface area (Å²) in [5.74, 6) is 0.977. The van der Waals surface area contributed by atoms with Crippen LogP contribution in [0.3, 0.4) is 0 Å². The predicted molar refractivity (Wildman–Crippen MR) is 84.4 cm³/mol. The van der Waals surface area contributed by atoms with Crippen molar-refractivity contribution >= 4 is 5.91 Å². The Kier molecular flexibility index (Phi) is 5.23. The van der Waals surface area contributed by atoms with Gasteiger partial charge in [0.25, 0.3) is 0 Å². The number of carbonyl (C=O) groups is 1.